The van der Waals surface area contributed by atoms with E-state index in [1.807, 2.05) is 11.0 Å². The molecule has 3 rings (SSSR count). The Labute approximate surface area is 117 Å². The zero-order chi connectivity index (χ0) is 14.3. The fourth-order valence-corrected chi connectivity index (χ4v) is 3.06. The van der Waals surface area contributed by atoms with E-state index in [1.165, 1.54) is 0 Å². The van der Waals surface area contributed by atoms with Gasteiger partial charge in [-0.25, -0.2) is 4.79 Å². The average Bonchev–Trinajstić information content (AvgIpc) is 3.02. The summed E-state index contributed by atoms with van der Waals surface area (Å²) in [6, 6.07) is 5.11. The van der Waals surface area contributed by atoms with Crippen molar-refractivity contribution >= 4 is 11.9 Å². The summed E-state index contributed by atoms with van der Waals surface area (Å²) in [6.07, 6.45) is 0. The number of benzene rings is 1. The van der Waals surface area contributed by atoms with Gasteiger partial charge in [0.2, 0.25) is 5.91 Å². The maximum atomic E-state index is 12.5. The van der Waals surface area contributed by atoms with Crippen molar-refractivity contribution in [3.63, 3.8) is 0 Å². The van der Waals surface area contributed by atoms with E-state index in [0.29, 0.717) is 19.0 Å². The first kappa shape index (κ1) is 13.1. The maximum absolute atomic E-state index is 12.5. The number of carbonyl (C=O) groups excluding carboxylic acids is 1. The lowest BCUT2D eigenvalue weighted by Crippen LogP contribution is -2.35. The second kappa shape index (κ2) is 4.90. The summed E-state index contributed by atoms with van der Waals surface area (Å²) in [5.74, 6) is -0.342. The van der Waals surface area contributed by atoms with E-state index in [9.17, 15) is 9.59 Å². The summed E-state index contributed by atoms with van der Waals surface area (Å²) in [7, 11) is 0. The van der Waals surface area contributed by atoms with Crippen molar-refractivity contribution < 1.29 is 14.7 Å². The molecule has 2 atom stereocenters. The lowest BCUT2D eigenvalue weighted by Gasteiger charge is -2.22. The van der Waals surface area contributed by atoms with Gasteiger partial charge in [-0.1, -0.05) is 13.0 Å². The maximum Gasteiger partial charge on any atom is 0.335 e. The Hall–Kier alpha value is -1.88. The highest BCUT2D eigenvalue weighted by molar-refractivity contribution is 5.88. The summed E-state index contributed by atoms with van der Waals surface area (Å²) >= 11 is 0. The Bertz CT molecular complexity index is 570. The van der Waals surface area contributed by atoms with Gasteiger partial charge in [-0.15, -0.1) is 0 Å². The predicted octanol–water partition coefficient (Wildman–Crippen LogP) is 1.08. The Morgan fingerprint density at radius 3 is 2.65 bits per heavy atom. The van der Waals surface area contributed by atoms with Gasteiger partial charge in [0.05, 0.1) is 11.5 Å². The molecule has 1 aromatic rings. The van der Waals surface area contributed by atoms with Crippen LogP contribution in [0.5, 0.6) is 0 Å². The van der Waals surface area contributed by atoms with Crippen LogP contribution in [0.25, 0.3) is 0 Å². The van der Waals surface area contributed by atoms with Crippen molar-refractivity contribution in [2.45, 2.75) is 20.0 Å². The highest BCUT2D eigenvalue weighted by atomic mass is 16.4. The van der Waals surface area contributed by atoms with Gasteiger partial charge in [-0.05, 0) is 35.7 Å². The van der Waals surface area contributed by atoms with E-state index in [1.54, 1.807) is 12.1 Å². The number of rotatable bonds is 2. The molecule has 106 valence electrons. The molecule has 0 saturated carbocycles. The molecule has 5 nitrogen and oxygen atoms in total. The molecule has 0 radical (unpaired) electrons. The number of carbonyl (C=O) groups is 2. The fraction of sp³-hybridized carbons (Fsp3) is 0.467. The number of carboxylic acid groups (broad SMARTS) is 1. The number of nitrogens with zero attached hydrogens (tertiary/aromatic N) is 1. The largest absolute Gasteiger partial charge is 0.478 e. The number of hydrogen-bond acceptors (Lipinski definition) is 3. The summed E-state index contributed by atoms with van der Waals surface area (Å²) in [4.78, 5) is 25.3. The van der Waals surface area contributed by atoms with Crippen molar-refractivity contribution in [3.05, 3.63) is 34.9 Å². The average molecular weight is 274 g/mol. The van der Waals surface area contributed by atoms with Crippen molar-refractivity contribution in [2.24, 2.45) is 11.8 Å². The van der Waals surface area contributed by atoms with E-state index in [4.69, 9.17) is 5.11 Å². The molecule has 2 aliphatic heterocycles. The summed E-state index contributed by atoms with van der Waals surface area (Å²) < 4.78 is 0. The normalized spacial score (nSPS) is 24.8. The summed E-state index contributed by atoms with van der Waals surface area (Å²) in [5, 5.41) is 12.3. The van der Waals surface area contributed by atoms with Gasteiger partial charge in [0.25, 0.3) is 0 Å². The molecule has 1 amide bonds. The molecule has 5 heteroatoms. The summed E-state index contributed by atoms with van der Waals surface area (Å²) in [6.45, 7) is 4.84. The molecule has 0 bridgehead atoms. The molecule has 1 saturated heterocycles. The Kier molecular flexibility index (Phi) is 3.22. The first-order valence-electron chi connectivity index (χ1n) is 6.91. The van der Waals surface area contributed by atoms with E-state index in [-0.39, 0.29) is 17.4 Å². The van der Waals surface area contributed by atoms with Crippen molar-refractivity contribution in [1.82, 2.24) is 10.2 Å². The highest BCUT2D eigenvalue weighted by Gasteiger charge is 2.35. The third-order valence-electron chi connectivity index (χ3n) is 4.32. The Balaban J connectivity index is 1.76. The zero-order valence-electron chi connectivity index (χ0n) is 11.4. The van der Waals surface area contributed by atoms with E-state index < -0.39 is 5.97 Å². The minimum absolute atomic E-state index is 0.0447. The van der Waals surface area contributed by atoms with Crippen LogP contribution in [0.4, 0.5) is 0 Å². The van der Waals surface area contributed by atoms with Crippen LogP contribution in [0.2, 0.25) is 0 Å². The number of aromatic carboxylic acids is 1. The molecule has 0 spiro atoms. The van der Waals surface area contributed by atoms with Crippen LogP contribution in [0.1, 0.15) is 28.4 Å². The molecule has 0 aromatic heterocycles. The summed E-state index contributed by atoms with van der Waals surface area (Å²) in [5.41, 5.74) is 2.30. The highest BCUT2D eigenvalue weighted by Crippen LogP contribution is 2.28. The third kappa shape index (κ3) is 2.18. The smallest absolute Gasteiger partial charge is 0.335 e. The zero-order valence-corrected chi connectivity index (χ0v) is 11.4. The SMILES string of the molecule is C[C@@H]1CNC[C@H]1C(=O)N1Cc2ccc(C(=O)O)cc2C1. The van der Waals surface area contributed by atoms with Crippen LogP contribution >= 0.6 is 0 Å². The Morgan fingerprint density at radius 2 is 2.00 bits per heavy atom. The van der Waals surface area contributed by atoms with Crippen molar-refractivity contribution in [3.8, 4) is 0 Å². The van der Waals surface area contributed by atoms with Gasteiger partial charge in [-0.2, -0.15) is 0 Å². The van der Waals surface area contributed by atoms with Crippen molar-refractivity contribution in [2.75, 3.05) is 13.1 Å². The minimum atomic E-state index is -0.925. The van der Waals surface area contributed by atoms with Gasteiger partial charge in [0.1, 0.15) is 0 Å². The van der Waals surface area contributed by atoms with Crippen LogP contribution in [0, 0.1) is 11.8 Å². The molecule has 1 fully saturated rings. The lowest BCUT2D eigenvalue weighted by molar-refractivity contribution is -0.136. The van der Waals surface area contributed by atoms with E-state index in [2.05, 4.69) is 12.2 Å². The number of fused-ring (bicyclic) bond motifs is 1. The molecule has 0 unspecified atom stereocenters. The number of hydrogen-bond donors (Lipinski definition) is 2. The van der Waals surface area contributed by atoms with Gasteiger partial charge >= 0.3 is 5.97 Å². The second-order valence-electron chi connectivity index (χ2n) is 5.72. The van der Waals surface area contributed by atoms with E-state index in [0.717, 1.165) is 24.2 Å². The molecular weight excluding hydrogens is 256 g/mol. The van der Waals surface area contributed by atoms with Gasteiger partial charge < -0.3 is 15.3 Å². The second-order valence-corrected chi connectivity index (χ2v) is 5.72. The molecule has 1 aromatic carbocycles. The molecule has 2 aliphatic rings. The topological polar surface area (TPSA) is 69.6 Å². The van der Waals surface area contributed by atoms with Crippen LogP contribution in [0.15, 0.2) is 18.2 Å². The quantitative estimate of drug-likeness (QED) is 0.847. The van der Waals surface area contributed by atoms with Crippen LogP contribution < -0.4 is 5.32 Å². The molecule has 0 aliphatic carbocycles. The lowest BCUT2D eigenvalue weighted by atomic mass is 9.97. The van der Waals surface area contributed by atoms with Crippen molar-refractivity contribution in [1.29, 1.82) is 0 Å². The van der Waals surface area contributed by atoms with Gasteiger partial charge in [0.15, 0.2) is 0 Å². The van der Waals surface area contributed by atoms with Gasteiger partial charge in [0, 0.05) is 19.6 Å². The number of carboxylic acids is 1. The van der Waals surface area contributed by atoms with E-state index >= 15 is 0 Å². The molecular formula is C15H18N2O3. The first-order valence-corrected chi connectivity index (χ1v) is 6.91. The first-order chi connectivity index (χ1) is 9.56. The monoisotopic (exact) mass is 274 g/mol. The minimum Gasteiger partial charge on any atom is -0.478 e. The molecule has 2 heterocycles. The number of nitrogens with one attached hydrogen (secondary N) is 1. The molecule has 20 heavy (non-hydrogen) atoms. The van der Waals surface area contributed by atoms with Crippen LogP contribution in [-0.2, 0) is 17.9 Å². The van der Waals surface area contributed by atoms with Crippen LogP contribution in [-0.4, -0.2) is 35.0 Å². The molecule has 2 N–H and O–H groups in total. The standard InChI is InChI=1S/C15H18N2O3/c1-9-5-16-6-13(9)14(18)17-7-11-3-2-10(15(19)20)4-12(11)8-17/h2-4,9,13,16H,5-8H2,1H3,(H,19,20)/t9-,13-/m1/s1. The predicted molar refractivity (Wildman–Crippen MR) is 73.2 cm³/mol. The Morgan fingerprint density at radius 1 is 1.25 bits per heavy atom. The third-order valence-corrected chi connectivity index (χ3v) is 4.32. The number of amides is 1. The van der Waals surface area contributed by atoms with Crippen LogP contribution in [0.3, 0.4) is 0 Å². The fourth-order valence-electron chi connectivity index (χ4n) is 3.06. The van der Waals surface area contributed by atoms with Gasteiger partial charge in [-0.3, -0.25) is 4.79 Å².